The van der Waals surface area contributed by atoms with E-state index in [1.165, 1.54) is 12.1 Å². The molecule has 7 nitrogen and oxygen atoms in total. The number of hydrogen-bond donors (Lipinski definition) is 1. The van der Waals surface area contributed by atoms with Crippen LogP contribution in [0.3, 0.4) is 0 Å². The topological polar surface area (TPSA) is 73.5 Å². The van der Waals surface area contributed by atoms with Gasteiger partial charge in [-0.05, 0) is 77.1 Å². The fourth-order valence-electron chi connectivity index (χ4n) is 4.22. The van der Waals surface area contributed by atoms with Gasteiger partial charge in [0.05, 0.1) is 17.9 Å². The van der Waals surface area contributed by atoms with Crippen LogP contribution in [-0.4, -0.2) is 47.5 Å². The smallest absolute Gasteiger partial charge is 0.174 e. The number of rotatable bonds is 7. The van der Waals surface area contributed by atoms with Crippen LogP contribution in [0.4, 0.5) is 4.39 Å². The van der Waals surface area contributed by atoms with E-state index in [1.807, 2.05) is 40.8 Å². The zero-order valence-corrected chi connectivity index (χ0v) is 19.2. The molecule has 1 aliphatic heterocycles. The number of tetrazole rings is 1. The van der Waals surface area contributed by atoms with Gasteiger partial charge in [0, 0.05) is 12.2 Å². The second-order valence-electron chi connectivity index (χ2n) is 8.26. The summed E-state index contributed by atoms with van der Waals surface area (Å²) >= 11 is 2.00. The Balaban J connectivity index is 1.53. The van der Waals surface area contributed by atoms with E-state index < -0.39 is 0 Å². The Morgan fingerprint density at radius 1 is 1.09 bits per heavy atom. The number of nitrogens with zero attached hydrogens (tertiary/aromatic N) is 6. The molecule has 1 saturated heterocycles. The van der Waals surface area contributed by atoms with E-state index in [1.54, 1.807) is 16.8 Å². The molecular weight excluding hydrogens is 437 g/mol. The fraction of sp³-hybridized carbons (Fsp3) is 0.333. The van der Waals surface area contributed by atoms with Crippen LogP contribution in [0.15, 0.2) is 60.8 Å². The van der Waals surface area contributed by atoms with E-state index >= 15 is 0 Å². The Morgan fingerprint density at radius 3 is 2.67 bits per heavy atom. The number of aryl methyl sites for hydroxylation is 1. The third-order valence-electron chi connectivity index (χ3n) is 6.00. The molecule has 1 unspecified atom stereocenters. The van der Waals surface area contributed by atoms with Crippen molar-refractivity contribution in [2.75, 3.05) is 11.5 Å². The summed E-state index contributed by atoms with van der Waals surface area (Å²) in [5.74, 6) is 2.74. The van der Waals surface area contributed by atoms with E-state index in [4.69, 9.17) is 0 Å². The first kappa shape index (κ1) is 21.8. The zero-order valence-electron chi connectivity index (χ0n) is 18.4. The van der Waals surface area contributed by atoms with Gasteiger partial charge in [-0.25, -0.2) is 13.8 Å². The molecule has 4 aromatic rings. The maximum Gasteiger partial charge on any atom is 0.174 e. The van der Waals surface area contributed by atoms with E-state index in [0.29, 0.717) is 18.4 Å². The van der Waals surface area contributed by atoms with Gasteiger partial charge in [0.25, 0.3) is 0 Å². The van der Waals surface area contributed by atoms with Crippen molar-refractivity contribution in [3.8, 4) is 5.69 Å². The lowest BCUT2D eigenvalue weighted by Crippen LogP contribution is -2.38. The molecule has 2 aromatic carbocycles. The summed E-state index contributed by atoms with van der Waals surface area (Å²) in [6, 6.07) is 16.8. The summed E-state index contributed by atoms with van der Waals surface area (Å²) in [7, 11) is 0. The van der Waals surface area contributed by atoms with E-state index in [2.05, 4.69) is 45.0 Å². The van der Waals surface area contributed by atoms with Gasteiger partial charge in [0.2, 0.25) is 0 Å². The first-order valence-corrected chi connectivity index (χ1v) is 12.3. The van der Waals surface area contributed by atoms with Gasteiger partial charge in [-0.2, -0.15) is 16.9 Å². The van der Waals surface area contributed by atoms with Crippen molar-refractivity contribution in [1.82, 2.24) is 35.3 Å². The second kappa shape index (κ2) is 9.84. The van der Waals surface area contributed by atoms with Crippen LogP contribution in [0.5, 0.6) is 0 Å². The van der Waals surface area contributed by atoms with Crippen molar-refractivity contribution in [3.05, 3.63) is 89.3 Å². The normalized spacial score (nSPS) is 15.6. The Labute approximate surface area is 196 Å². The van der Waals surface area contributed by atoms with Gasteiger partial charge in [0.1, 0.15) is 11.9 Å². The maximum atomic E-state index is 13.4. The molecule has 33 heavy (non-hydrogen) atoms. The van der Waals surface area contributed by atoms with Crippen LogP contribution in [0.25, 0.3) is 5.69 Å². The number of thioether (sulfide) groups is 1. The van der Waals surface area contributed by atoms with E-state index in [9.17, 15) is 4.39 Å². The lowest BCUT2D eigenvalue weighted by Gasteiger charge is -2.28. The van der Waals surface area contributed by atoms with Gasteiger partial charge >= 0.3 is 0 Å². The first-order valence-electron chi connectivity index (χ1n) is 11.1. The van der Waals surface area contributed by atoms with Gasteiger partial charge in [-0.15, -0.1) is 5.10 Å². The van der Waals surface area contributed by atoms with Crippen LogP contribution in [0.2, 0.25) is 0 Å². The SMILES string of the molecule is Cc1ccccc1-n1nccc1C(NC1CCSCC1)c1nnnn1Cc1ccc(F)cc1. The lowest BCUT2D eigenvalue weighted by molar-refractivity contribution is 0.413. The standard InChI is InChI=1S/C24H26FN7S/c1-17-4-2-3-5-21(17)32-22(10-13-26-32)23(27-20-11-14-33-15-12-20)24-28-29-30-31(24)16-18-6-8-19(25)9-7-18/h2-10,13,20,23,27H,11-12,14-16H2,1H3. The molecule has 1 fully saturated rings. The molecule has 170 valence electrons. The third-order valence-corrected chi connectivity index (χ3v) is 7.05. The summed E-state index contributed by atoms with van der Waals surface area (Å²) in [4.78, 5) is 0. The molecule has 0 bridgehead atoms. The lowest BCUT2D eigenvalue weighted by atomic mass is 10.1. The number of nitrogens with one attached hydrogen (secondary N) is 1. The van der Waals surface area contributed by atoms with Gasteiger partial charge in [0.15, 0.2) is 5.82 Å². The Bertz CT molecular complexity index is 1200. The van der Waals surface area contributed by atoms with Gasteiger partial charge in [-0.3, -0.25) is 5.32 Å². The Morgan fingerprint density at radius 2 is 1.88 bits per heavy atom. The highest BCUT2D eigenvalue weighted by Crippen LogP contribution is 2.27. The Kier molecular flexibility index (Phi) is 6.50. The van der Waals surface area contributed by atoms with Crippen LogP contribution in [-0.2, 0) is 6.54 Å². The molecule has 3 heterocycles. The average molecular weight is 464 g/mol. The highest BCUT2D eigenvalue weighted by molar-refractivity contribution is 7.99. The molecule has 0 amide bonds. The quantitative estimate of drug-likeness (QED) is 0.448. The van der Waals surface area contributed by atoms with Crippen molar-refractivity contribution >= 4 is 11.8 Å². The molecule has 9 heteroatoms. The number of halogens is 1. The second-order valence-corrected chi connectivity index (χ2v) is 9.49. The Hall–Kier alpha value is -3.04. The summed E-state index contributed by atoms with van der Waals surface area (Å²) in [5, 5.41) is 21.2. The minimum Gasteiger partial charge on any atom is -0.299 e. The summed E-state index contributed by atoms with van der Waals surface area (Å²) in [5.41, 5.74) is 4.09. The largest absolute Gasteiger partial charge is 0.299 e. The third kappa shape index (κ3) is 4.84. The van der Waals surface area contributed by atoms with E-state index in [-0.39, 0.29) is 11.9 Å². The molecule has 2 aromatic heterocycles. The summed E-state index contributed by atoms with van der Waals surface area (Å²) in [6.45, 7) is 2.54. The molecule has 1 N–H and O–H groups in total. The molecular formula is C24H26FN7S. The fourth-order valence-corrected chi connectivity index (χ4v) is 5.33. The highest BCUT2D eigenvalue weighted by atomic mass is 32.2. The molecule has 5 rings (SSSR count). The predicted molar refractivity (Wildman–Crippen MR) is 127 cm³/mol. The van der Waals surface area contributed by atoms with Crippen molar-refractivity contribution in [3.63, 3.8) is 0 Å². The monoisotopic (exact) mass is 463 g/mol. The average Bonchev–Trinajstić information content (AvgIpc) is 3.50. The molecule has 0 spiro atoms. The number of aromatic nitrogens is 6. The van der Waals surface area contributed by atoms with Crippen molar-refractivity contribution in [2.45, 2.75) is 38.4 Å². The number of para-hydroxylation sites is 1. The summed E-state index contributed by atoms with van der Waals surface area (Å²) < 4.78 is 17.2. The van der Waals surface area contributed by atoms with Crippen molar-refractivity contribution < 1.29 is 4.39 Å². The number of hydrogen-bond acceptors (Lipinski definition) is 6. The zero-order chi connectivity index (χ0) is 22.6. The summed E-state index contributed by atoms with van der Waals surface area (Å²) in [6.07, 6.45) is 4.01. The number of benzene rings is 2. The molecule has 0 saturated carbocycles. The predicted octanol–water partition coefficient (Wildman–Crippen LogP) is 3.93. The minimum atomic E-state index is -0.257. The molecule has 0 radical (unpaired) electrons. The van der Waals surface area contributed by atoms with Crippen LogP contribution < -0.4 is 5.32 Å². The molecule has 1 aliphatic rings. The van der Waals surface area contributed by atoms with Crippen LogP contribution in [0, 0.1) is 12.7 Å². The molecule has 1 atom stereocenters. The molecule has 0 aliphatic carbocycles. The minimum absolute atomic E-state index is 0.240. The van der Waals surface area contributed by atoms with Crippen LogP contribution in [0.1, 0.15) is 41.5 Å². The van der Waals surface area contributed by atoms with E-state index in [0.717, 1.165) is 46.9 Å². The van der Waals surface area contributed by atoms with Crippen LogP contribution >= 0.6 is 11.8 Å². The van der Waals surface area contributed by atoms with Crippen molar-refractivity contribution in [1.29, 1.82) is 0 Å². The van der Waals surface area contributed by atoms with Crippen molar-refractivity contribution in [2.24, 2.45) is 0 Å². The maximum absolute atomic E-state index is 13.4. The van der Waals surface area contributed by atoms with Gasteiger partial charge in [-0.1, -0.05) is 30.3 Å². The highest BCUT2D eigenvalue weighted by Gasteiger charge is 2.28. The first-order chi connectivity index (χ1) is 16.2. The van der Waals surface area contributed by atoms with Gasteiger partial charge < -0.3 is 0 Å².